The fourth-order valence-corrected chi connectivity index (χ4v) is 2.98. The van der Waals surface area contributed by atoms with Crippen molar-refractivity contribution in [1.29, 1.82) is 0 Å². The zero-order valence-electron chi connectivity index (χ0n) is 10.6. The molecule has 4 nitrogen and oxygen atoms in total. The van der Waals surface area contributed by atoms with Crippen molar-refractivity contribution in [2.45, 2.75) is 10.6 Å². The van der Waals surface area contributed by atoms with Crippen LogP contribution < -0.4 is 17.0 Å². The number of nitrogen functional groups attached to an aromatic ring is 2. The first kappa shape index (κ1) is 14.7. The summed E-state index contributed by atoms with van der Waals surface area (Å²) >= 11 is 7.48. The summed E-state index contributed by atoms with van der Waals surface area (Å²) < 4.78 is 0. The first-order valence-electron chi connectivity index (χ1n) is 5.88. The van der Waals surface area contributed by atoms with Gasteiger partial charge in [-0.2, -0.15) is 0 Å². The fourth-order valence-electron chi connectivity index (χ4n) is 1.73. The Morgan fingerprint density at radius 2 is 2.00 bits per heavy atom. The molecule has 2 aromatic carbocycles. The number of carbonyl (C=O) groups is 1. The van der Waals surface area contributed by atoms with Gasteiger partial charge in [0.1, 0.15) is 0 Å². The number of anilines is 1. The van der Waals surface area contributed by atoms with Gasteiger partial charge in [0.25, 0.3) is 5.91 Å². The average Bonchev–Trinajstić information content (AvgIpc) is 2.47. The van der Waals surface area contributed by atoms with Crippen LogP contribution in [0.15, 0.2) is 47.4 Å². The van der Waals surface area contributed by atoms with Gasteiger partial charge in [-0.1, -0.05) is 29.8 Å². The van der Waals surface area contributed by atoms with Crippen LogP contribution in [0.5, 0.6) is 0 Å². The summed E-state index contributed by atoms with van der Waals surface area (Å²) in [6, 6.07) is 12.6. The maximum absolute atomic E-state index is 11.7. The molecule has 2 rings (SSSR count). The van der Waals surface area contributed by atoms with E-state index in [9.17, 15) is 4.79 Å². The molecule has 1 amide bonds. The van der Waals surface area contributed by atoms with Crippen molar-refractivity contribution < 1.29 is 4.79 Å². The minimum Gasteiger partial charge on any atom is -0.398 e. The topological polar surface area (TPSA) is 81.1 Å². The zero-order chi connectivity index (χ0) is 14.5. The third-order valence-electron chi connectivity index (χ3n) is 2.75. The molecule has 20 heavy (non-hydrogen) atoms. The van der Waals surface area contributed by atoms with Crippen LogP contribution >= 0.6 is 23.4 Å². The Labute approximate surface area is 126 Å². The summed E-state index contributed by atoms with van der Waals surface area (Å²) in [5.74, 6) is 5.48. The van der Waals surface area contributed by atoms with Gasteiger partial charge in [-0.25, -0.2) is 5.84 Å². The highest BCUT2D eigenvalue weighted by Crippen LogP contribution is 2.31. The van der Waals surface area contributed by atoms with Crippen molar-refractivity contribution in [2.75, 3.05) is 5.73 Å². The second kappa shape index (κ2) is 6.65. The van der Waals surface area contributed by atoms with E-state index in [2.05, 4.69) is 5.43 Å². The van der Waals surface area contributed by atoms with Crippen LogP contribution in [0.4, 0.5) is 5.69 Å². The predicted octanol–water partition coefficient (Wildman–Crippen LogP) is 2.82. The maximum atomic E-state index is 11.7. The van der Waals surface area contributed by atoms with Crippen LogP contribution in [0, 0.1) is 0 Å². The number of hydrazine groups is 1. The number of nitrogens with two attached hydrogens (primary N) is 2. The number of amides is 1. The molecule has 0 aliphatic heterocycles. The summed E-state index contributed by atoms with van der Waals surface area (Å²) in [7, 11) is 0. The highest BCUT2D eigenvalue weighted by atomic mass is 35.5. The van der Waals surface area contributed by atoms with Crippen LogP contribution in [0.3, 0.4) is 0 Å². The van der Waals surface area contributed by atoms with E-state index >= 15 is 0 Å². The number of benzene rings is 2. The van der Waals surface area contributed by atoms with Crippen molar-refractivity contribution in [3.63, 3.8) is 0 Å². The lowest BCUT2D eigenvalue weighted by Crippen LogP contribution is -2.30. The minimum absolute atomic E-state index is 0.305. The number of carbonyl (C=O) groups excluding carboxylic acids is 1. The third kappa shape index (κ3) is 3.45. The lowest BCUT2D eigenvalue weighted by Gasteiger charge is -2.09. The van der Waals surface area contributed by atoms with Crippen LogP contribution in [0.25, 0.3) is 0 Å². The largest absolute Gasteiger partial charge is 0.398 e. The van der Waals surface area contributed by atoms with Crippen LogP contribution in [0.1, 0.15) is 15.9 Å². The molecule has 0 fully saturated rings. The van der Waals surface area contributed by atoms with E-state index in [0.717, 1.165) is 10.5 Å². The van der Waals surface area contributed by atoms with Crippen LogP contribution in [0.2, 0.25) is 5.02 Å². The van der Waals surface area contributed by atoms with Crippen molar-refractivity contribution in [2.24, 2.45) is 5.84 Å². The molecule has 0 saturated heterocycles. The van der Waals surface area contributed by atoms with E-state index in [-0.39, 0.29) is 5.91 Å². The second-order valence-electron chi connectivity index (χ2n) is 4.10. The molecule has 0 spiro atoms. The first-order valence-corrected chi connectivity index (χ1v) is 7.25. The molecule has 0 aliphatic carbocycles. The lowest BCUT2D eigenvalue weighted by molar-refractivity contribution is 0.0953. The van der Waals surface area contributed by atoms with Gasteiger partial charge in [-0.05, 0) is 29.8 Å². The Hall–Kier alpha value is -1.69. The Bertz CT molecular complexity index is 634. The highest BCUT2D eigenvalue weighted by Gasteiger charge is 2.10. The summed E-state index contributed by atoms with van der Waals surface area (Å²) in [6.07, 6.45) is 0. The van der Waals surface area contributed by atoms with Gasteiger partial charge in [0, 0.05) is 26.9 Å². The molecule has 6 heteroatoms. The van der Waals surface area contributed by atoms with Gasteiger partial charge in [0.2, 0.25) is 0 Å². The number of thioether (sulfide) groups is 1. The Kier molecular flexibility index (Phi) is 4.89. The minimum atomic E-state index is -0.305. The van der Waals surface area contributed by atoms with Gasteiger partial charge in [-0.15, -0.1) is 11.8 Å². The third-order valence-corrected chi connectivity index (χ3v) is 4.11. The Balaban J connectivity index is 2.19. The maximum Gasteiger partial charge on any atom is 0.265 e. The van der Waals surface area contributed by atoms with E-state index in [1.54, 1.807) is 24.3 Å². The Morgan fingerprint density at radius 1 is 1.25 bits per heavy atom. The monoisotopic (exact) mass is 307 g/mol. The van der Waals surface area contributed by atoms with E-state index in [4.69, 9.17) is 23.2 Å². The summed E-state index contributed by atoms with van der Waals surface area (Å²) in [6.45, 7) is 0. The molecule has 104 valence electrons. The summed E-state index contributed by atoms with van der Waals surface area (Å²) in [5, 5.41) is 0.634. The van der Waals surface area contributed by atoms with Crippen molar-refractivity contribution in [3.05, 3.63) is 58.6 Å². The second-order valence-corrected chi connectivity index (χ2v) is 5.56. The van der Waals surface area contributed by atoms with Crippen molar-refractivity contribution in [3.8, 4) is 0 Å². The molecule has 0 atom stereocenters. The number of hydrogen-bond acceptors (Lipinski definition) is 4. The fraction of sp³-hybridized carbons (Fsp3) is 0.0714. The molecular formula is C14H14ClN3OS. The van der Waals surface area contributed by atoms with E-state index in [1.807, 2.05) is 18.2 Å². The summed E-state index contributed by atoms with van der Waals surface area (Å²) in [4.78, 5) is 12.6. The zero-order valence-corrected chi connectivity index (χ0v) is 12.2. The average molecular weight is 308 g/mol. The predicted molar refractivity (Wildman–Crippen MR) is 83.5 cm³/mol. The lowest BCUT2D eigenvalue weighted by atomic mass is 10.1. The number of hydrogen-bond donors (Lipinski definition) is 3. The Morgan fingerprint density at radius 3 is 2.75 bits per heavy atom. The van der Waals surface area contributed by atoms with Gasteiger partial charge in [0.15, 0.2) is 0 Å². The van der Waals surface area contributed by atoms with Gasteiger partial charge < -0.3 is 5.73 Å². The normalized spacial score (nSPS) is 10.3. The smallest absolute Gasteiger partial charge is 0.265 e. The summed E-state index contributed by atoms with van der Waals surface area (Å²) in [5.41, 5.74) is 10.2. The molecule has 5 N–H and O–H groups in total. The number of halogens is 1. The quantitative estimate of drug-likeness (QED) is 0.267. The molecule has 0 heterocycles. The molecule has 0 bridgehead atoms. The molecule has 2 aromatic rings. The van der Waals surface area contributed by atoms with Crippen molar-refractivity contribution in [1.82, 2.24) is 5.43 Å². The number of rotatable bonds is 4. The molecule has 0 saturated carbocycles. The highest BCUT2D eigenvalue weighted by molar-refractivity contribution is 7.98. The van der Waals surface area contributed by atoms with Gasteiger partial charge in [-0.3, -0.25) is 10.2 Å². The van der Waals surface area contributed by atoms with E-state index < -0.39 is 0 Å². The molecular weight excluding hydrogens is 294 g/mol. The molecule has 0 radical (unpaired) electrons. The first-order chi connectivity index (χ1) is 9.61. The molecule has 0 aliphatic rings. The standard InChI is InChI=1S/C14H14ClN3OS/c15-10-5-6-12(16)13(7-10)20-8-9-3-1-2-4-11(9)14(19)18-17/h1-7H,8,16-17H2,(H,18,19). The van der Waals surface area contributed by atoms with Crippen LogP contribution in [-0.4, -0.2) is 5.91 Å². The SMILES string of the molecule is NNC(=O)c1ccccc1CSc1cc(Cl)ccc1N. The number of nitrogens with one attached hydrogen (secondary N) is 1. The van der Waals surface area contributed by atoms with Gasteiger partial charge in [0.05, 0.1) is 0 Å². The molecule has 0 unspecified atom stereocenters. The van der Waals surface area contributed by atoms with Gasteiger partial charge >= 0.3 is 0 Å². The van der Waals surface area contributed by atoms with Crippen LogP contribution in [-0.2, 0) is 5.75 Å². The van der Waals surface area contributed by atoms with Crippen molar-refractivity contribution >= 4 is 35.0 Å². The van der Waals surface area contributed by atoms with E-state index in [0.29, 0.717) is 22.0 Å². The van der Waals surface area contributed by atoms with E-state index in [1.165, 1.54) is 11.8 Å². The molecule has 0 aromatic heterocycles.